The molecule has 1 aromatic heterocycles. The number of carbonyl (C=O) groups excluding carboxylic acids is 2. The van der Waals surface area contributed by atoms with Gasteiger partial charge in [-0.2, -0.15) is 0 Å². The fraction of sp³-hybridized carbons (Fsp3) is 0.353. The Balaban J connectivity index is 1.53. The molecular weight excluding hydrogens is 348 g/mol. The maximum absolute atomic E-state index is 12.0. The minimum absolute atomic E-state index is 0.207. The summed E-state index contributed by atoms with van der Waals surface area (Å²) in [6.45, 7) is -0.275. The van der Waals surface area contributed by atoms with Crippen molar-refractivity contribution in [2.45, 2.75) is 31.7 Å². The molecule has 0 unspecified atom stereocenters. The first-order valence-corrected chi connectivity index (χ1v) is 9.05. The van der Waals surface area contributed by atoms with Gasteiger partial charge in [0.2, 0.25) is 0 Å². The Bertz CT molecular complexity index is 724. The monoisotopic (exact) mass is 364 g/mol. The molecule has 0 saturated heterocycles. The van der Waals surface area contributed by atoms with Crippen LogP contribution in [0.1, 0.15) is 36.2 Å². The van der Waals surface area contributed by atoms with Gasteiger partial charge in [-0.25, -0.2) is 9.78 Å². The lowest BCUT2D eigenvalue weighted by Gasteiger charge is -2.11. The van der Waals surface area contributed by atoms with Crippen molar-refractivity contribution in [2.75, 3.05) is 6.61 Å². The average molecular weight is 365 g/mol. The molecule has 1 saturated carbocycles. The van der Waals surface area contributed by atoms with E-state index in [1.54, 1.807) is 17.5 Å². The zero-order valence-corrected chi connectivity index (χ0v) is 14.5. The molecule has 7 heteroatoms. The van der Waals surface area contributed by atoms with Crippen molar-refractivity contribution >= 4 is 34.8 Å². The van der Waals surface area contributed by atoms with Crippen LogP contribution in [0, 0.1) is 0 Å². The van der Waals surface area contributed by atoms with Gasteiger partial charge in [-0.15, -0.1) is 11.3 Å². The number of carbonyl (C=O) groups is 2. The molecule has 1 N–H and O–H groups in total. The Kier molecular flexibility index (Phi) is 5.48. The Hall–Kier alpha value is -1.92. The summed E-state index contributed by atoms with van der Waals surface area (Å²) < 4.78 is 5.04. The molecule has 0 radical (unpaired) electrons. The number of aromatic nitrogens is 1. The summed E-state index contributed by atoms with van der Waals surface area (Å²) in [7, 11) is 0. The highest BCUT2D eigenvalue weighted by atomic mass is 35.5. The van der Waals surface area contributed by atoms with Crippen molar-refractivity contribution in [3.63, 3.8) is 0 Å². The second-order valence-electron chi connectivity index (χ2n) is 5.67. The largest absolute Gasteiger partial charge is 0.451 e. The van der Waals surface area contributed by atoms with Gasteiger partial charge in [0.05, 0.1) is 0 Å². The van der Waals surface area contributed by atoms with Crippen LogP contribution in [0.4, 0.5) is 0 Å². The van der Waals surface area contributed by atoms with Crippen molar-refractivity contribution < 1.29 is 14.3 Å². The number of halogens is 1. The van der Waals surface area contributed by atoms with Gasteiger partial charge < -0.3 is 10.1 Å². The van der Waals surface area contributed by atoms with E-state index in [1.807, 2.05) is 12.1 Å². The summed E-state index contributed by atoms with van der Waals surface area (Å²) >= 11 is 7.20. The van der Waals surface area contributed by atoms with Gasteiger partial charge >= 0.3 is 5.97 Å². The van der Waals surface area contributed by atoms with Gasteiger partial charge in [-0.05, 0) is 25.0 Å². The number of thiazole rings is 1. The van der Waals surface area contributed by atoms with Crippen LogP contribution in [-0.4, -0.2) is 29.5 Å². The van der Waals surface area contributed by atoms with Crippen molar-refractivity contribution in [3.8, 4) is 10.6 Å². The molecule has 1 aromatic carbocycles. The number of rotatable bonds is 5. The van der Waals surface area contributed by atoms with Gasteiger partial charge in [0.25, 0.3) is 5.91 Å². The molecule has 3 rings (SSSR count). The zero-order chi connectivity index (χ0) is 16.9. The standard InChI is InChI=1S/C17H17ClN2O3S/c18-12-7-5-11(6-8-12)16-20-14(10-24-16)17(22)23-9-15(21)19-13-3-1-2-4-13/h5-8,10,13H,1-4,9H2,(H,19,21). The van der Waals surface area contributed by atoms with Gasteiger partial charge in [-0.1, -0.05) is 36.6 Å². The number of nitrogens with one attached hydrogen (secondary N) is 1. The van der Waals surface area contributed by atoms with E-state index in [9.17, 15) is 9.59 Å². The first-order valence-electron chi connectivity index (χ1n) is 7.80. The van der Waals surface area contributed by atoms with Crippen LogP contribution in [0.15, 0.2) is 29.6 Å². The van der Waals surface area contributed by atoms with E-state index in [2.05, 4.69) is 10.3 Å². The molecule has 0 spiro atoms. The fourth-order valence-electron chi connectivity index (χ4n) is 2.64. The molecule has 5 nitrogen and oxygen atoms in total. The summed E-state index contributed by atoms with van der Waals surface area (Å²) in [5.74, 6) is -0.851. The van der Waals surface area contributed by atoms with Crippen molar-refractivity contribution in [3.05, 3.63) is 40.4 Å². The second kappa shape index (κ2) is 7.77. The summed E-state index contributed by atoms with van der Waals surface area (Å²) in [5.41, 5.74) is 1.08. The zero-order valence-electron chi connectivity index (χ0n) is 13.0. The molecule has 1 amide bonds. The molecule has 1 heterocycles. The number of amides is 1. The van der Waals surface area contributed by atoms with Gasteiger partial charge in [-0.3, -0.25) is 4.79 Å². The topological polar surface area (TPSA) is 68.3 Å². The van der Waals surface area contributed by atoms with E-state index in [4.69, 9.17) is 16.3 Å². The highest BCUT2D eigenvalue weighted by Crippen LogP contribution is 2.25. The smallest absolute Gasteiger partial charge is 0.358 e. The van der Waals surface area contributed by atoms with E-state index in [-0.39, 0.29) is 24.2 Å². The van der Waals surface area contributed by atoms with Crippen molar-refractivity contribution in [2.24, 2.45) is 0 Å². The van der Waals surface area contributed by atoms with E-state index in [0.717, 1.165) is 31.2 Å². The normalized spacial score (nSPS) is 14.5. The van der Waals surface area contributed by atoms with Crippen LogP contribution >= 0.6 is 22.9 Å². The van der Waals surface area contributed by atoms with Crippen LogP contribution in [0.5, 0.6) is 0 Å². The van der Waals surface area contributed by atoms with Gasteiger partial charge in [0, 0.05) is 22.0 Å². The summed E-state index contributed by atoms with van der Waals surface area (Å²) in [6, 6.07) is 7.43. The van der Waals surface area contributed by atoms with Crippen LogP contribution in [0.3, 0.4) is 0 Å². The number of ether oxygens (including phenoxy) is 1. The van der Waals surface area contributed by atoms with Crippen LogP contribution in [0.2, 0.25) is 5.02 Å². The highest BCUT2D eigenvalue weighted by Gasteiger charge is 2.19. The molecule has 126 valence electrons. The Morgan fingerprint density at radius 3 is 2.67 bits per heavy atom. The minimum Gasteiger partial charge on any atom is -0.451 e. The third-order valence-corrected chi connectivity index (χ3v) is 5.00. The SMILES string of the molecule is O=C(COC(=O)c1csc(-c2ccc(Cl)cc2)n1)NC1CCCC1. The molecule has 0 bridgehead atoms. The van der Waals surface area contributed by atoms with E-state index >= 15 is 0 Å². The van der Waals surface area contributed by atoms with Gasteiger partial charge in [0.15, 0.2) is 12.3 Å². The van der Waals surface area contributed by atoms with E-state index in [0.29, 0.717) is 10.0 Å². The third kappa shape index (κ3) is 4.33. The quantitative estimate of drug-likeness (QED) is 0.822. The Morgan fingerprint density at radius 1 is 1.25 bits per heavy atom. The van der Waals surface area contributed by atoms with Crippen LogP contribution < -0.4 is 5.32 Å². The lowest BCUT2D eigenvalue weighted by molar-refractivity contribution is -0.124. The second-order valence-corrected chi connectivity index (χ2v) is 6.96. The first-order chi connectivity index (χ1) is 11.6. The first kappa shape index (κ1) is 16.9. The molecule has 0 atom stereocenters. The lowest BCUT2D eigenvalue weighted by atomic mass is 10.2. The number of benzene rings is 1. The molecule has 2 aromatic rings. The van der Waals surface area contributed by atoms with Gasteiger partial charge in [0.1, 0.15) is 5.01 Å². The summed E-state index contributed by atoms with van der Waals surface area (Å²) in [5, 5.41) is 5.85. The minimum atomic E-state index is -0.590. The van der Waals surface area contributed by atoms with Crippen molar-refractivity contribution in [1.82, 2.24) is 10.3 Å². The van der Waals surface area contributed by atoms with E-state index in [1.165, 1.54) is 11.3 Å². The third-order valence-electron chi connectivity index (χ3n) is 3.86. The maximum atomic E-state index is 12.0. The fourth-order valence-corrected chi connectivity index (χ4v) is 3.56. The van der Waals surface area contributed by atoms with Crippen LogP contribution in [0.25, 0.3) is 10.6 Å². The average Bonchev–Trinajstić information content (AvgIpc) is 3.25. The van der Waals surface area contributed by atoms with E-state index < -0.39 is 5.97 Å². The molecule has 1 aliphatic carbocycles. The lowest BCUT2D eigenvalue weighted by Crippen LogP contribution is -2.35. The maximum Gasteiger partial charge on any atom is 0.358 e. The number of hydrogen-bond acceptors (Lipinski definition) is 5. The predicted molar refractivity (Wildman–Crippen MR) is 93.2 cm³/mol. The van der Waals surface area contributed by atoms with Crippen LogP contribution in [-0.2, 0) is 9.53 Å². The Morgan fingerprint density at radius 2 is 1.96 bits per heavy atom. The predicted octanol–water partition coefficient (Wildman–Crippen LogP) is 3.68. The molecular formula is C17H17ClN2O3S. The highest BCUT2D eigenvalue weighted by molar-refractivity contribution is 7.13. The van der Waals surface area contributed by atoms with Crippen molar-refractivity contribution in [1.29, 1.82) is 0 Å². The molecule has 1 fully saturated rings. The number of hydrogen-bond donors (Lipinski definition) is 1. The molecule has 24 heavy (non-hydrogen) atoms. The number of nitrogens with zero attached hydrogens (tertiary/aromatic N) is 1. The Labute approximate surface area is 149 Å². The number of esters is 1. The summed E-state index contributed by atoms with van der Waals surface area (Å²) in [6.07, 6.45) is 4.26. The molecule has 0 aliphatic heterocycles. The molecule has 1 aliphatic rings. The summed E-state index contributed by atoms with van der Waals surface area (Å²) in [4.78, 5) is 28.0.